The summed E-state index contributed by atoms with van der Waals surface area (Å²) in [6.45, 7) is 2.06. The number of carbonyl (C=O) groups is 2. The number of fused-ring (bicyclic) bond motifs is 1. The molecule has 1 N–H and O–H groups in total. The lowest BCUT2D eigenvalue weighted by atomic mass is 10.1. The van der Waals surface area contributed by atoms with Gasteiger partial charge in [0.05, 0.1) is 18.7 Å². The van der Waals surface area contributed by atoms with Crippen molar-refractivity contribution in [3.63, 3.8) is 0 Å². The van der Waals surface area contributed by atoms with E-state index in [0.29, 0.717) is 28.8 Å². The molecule has 0 aliphatic carbocycles. The number of hydrogen-bond acceptors (Lipinski definition) is 7. The van der Waals surface area contributed by atoms with Crippen LogP contribution < -0.4 is 5.63 Å². The Labute approximate surface area is 165 Å². The van der Waals surface area contributed by atoms with Crippen molar-refractivity contribution < 1.29 is 28.3 Å². The van der Waals surface area contributed by atoms with Crippen LogP contribution in [0, 0.1) is 12.8 Å². The van der Waals surface area contributed by atoms with Crippen LogP contribution in [0.15, 0.2) is 50.2 Å². The third-order valence-electron chi connectivity index (χ3n) is 5.06. The summed E-state index contributed by atoms with van der Waals surface area (Å²) in [5.74, 6) is -0.559. The number of furan rings is 1. The third-order valence-corrected chi connectivity index (χ3v) is 5.06. The van der Waals surface area contributed by atoms with E-state index in [-0.39, 0.29) is 36.8 Å². The minimum absolute atomic E-state index is 0.0101. The summed E-state index contributed by atoms with van der Waals surface area (Å²) in [6, 6.07) is 7.86. The zero-order chi connectivity index (χ0) is 20.5. The molecule has 1 atom stereocenters. The fourth-order valence-electron chi connectivity index (χ4n) is 3.48. The van der Waals surface area contributed by atoms with Crippen LogP contribution in [0.4, 0.5) is 0 Å². The summed E-state index contributed by atoms with van der Waals surface area (Å²) < 4.78 is 15.8. The van der Waals surface area contributed by atoms with Crippen molar-refractivity contribution >= 4 is 22.8 Å². The van der Waals surface area contributed by atoms with Crippen LogP contribution in [0.5, 0.6) is 5.75 Å². The average molecular weight is 397 g/mol. The first-order valence-electron chi connectivity index (χ1n) is 9.14. The molecule has 1 saturated heterocycles. The maximum Gasteiger partial charge on any atom is 0.336 e. The van der Waals surface area contributed by atoms with Crippen molar-refractivity contribution in [2.45, 2.75) is 26.5 Å². The van der Waals surface area contributed by atoms with Crippen molar-refractivity contribution in [2.24, 2.45) is 5.92 Å². The first-order valence-corrected chi connectivity index (χ1v) is 9.14. The molecule has 4 rings (SSSR count). The lowest BCUT2D eigenvalue weighted by Gasteiger charge is -2.15. The van der Waals surface area contributed by atoms with Crippen LogP contribution in [0.25, 0.3) is 11.0 Å². The average Bonchev–Trinajstić information content (AvgIpc) is 3.33. The van der Waals surface area contributed by atoms with Crippen molar-refractivity contribution in [2.75, 3.05) is 6.54 Å². The second-order valence-electron chi connectivity index (χ2n) is 7.04. The van der Waals surface area contributed by atoms with Gasteiger partial charge in [0.15, 0.2) is 0 Å². The summed E-state index contributed by atoms with van der Waals surface area (Å²) in [5.41, 5.74) is 0.564. The number of rotatable bonds is 5. The van der Waals surface area contributed by atoms with Crippen molar-refractivity contribution in [1.82, 2.24) is 4.90 Å². The van der Waals surface area contributed by atoms with E-state index >= 15 is 0 Å². The molecule has 1 aliphatic heterocycles. The van der Waals surface area contributed by atoms with Gasteiger partial charge in [-0.05, 0) is 31.2 Å². The second kappa shape index (κ2) is 7.46. The number of hydrogen-bond donors (Lipinski definition) is 1. The van der Waals surface area contributed by atoms with Crippen molar-refractivity contribution in [3.8, 4) is 5.75 Å². The molecule has 1 aromatic carbocycles. The fraction of sp³-hybridized carbons (Fsp3) is 0.286. The van der Waals surface area contributed by atoms with E-state index in [0.717, 1.165) is 0 Å². The molecule has 3 heterocycles. The topological polar surface area (TPSA) is 110 Å². The van der Waals surface area contributed by atoms with Gasteiger partial charge in [-0.1, -0.05) is 0 Å². The summed E-state index contributed by atoms with van der Waals surface area (Å²) in [6.07, 6.45) is 1.61. The molecule has 29 heavy (non-hydrogen) atoms. The minimum atomic E-state index is -0.599. The summed E-state index contributed by atoms with van der Waals surface area (Å²) in [4.78, 5) is 38.1. The summed E-state index contributed by atoms with van der Waals surface area (Å²) >= 11 is 0. The molecule has 3 aromatic rings. The lowest BCUT2D eigenvalue weighted by molar-refractivity contribution is -0.149. The van der Waals surface area contributed by atoms with Crippen LogP contribution in [0.1, 0.15) is 23.3 Å². The van der Waals surface area contributed by atoms with Crippen LogP contribution >= 0.6 is 0 Å². The normalized spacial score (nSPS) is 16.5. The number of ether oxygens (including phenoxy) is 1. The zero-order valence-corrected chi connectivity index (χ0v) is 15.7. The molecular weight excluding hydrogens is 378 g/mol. The molecular formula is C21H19NO7. The van der Waals surface area contributed by atoms with E-state index in [2.05, 4.69) is 0 Å². The Bertz CT molecular complexity index is 1130. The molecule has 0 radical (unpaired) electrons. The van der Waals surface area contributed by atoms with Crippen LogP contribution in [0.3, 0.4) is 0 Å². The Kier molecular flexibility index (Phi) is 4.84. The van der Waals surface area contributed by atoms with Crippen molar-refractivity contribution in [1.29, 1.82) is 0 Å². The van der Waals surface area contributed by atoms with Crippen LogP contribution in [-0.4, -0.2) is 28.4 Å². The first kappa shape index (κ1) is 18.8. The molecule has 1 amide bonds. The number of benzene rings is 1. The number of aromatic hydroxyl groups is 1. The highest BCUT2D eigenvalue weighted by Crippen LogP contribution is 2.28. The molecule has 8 nitrogen and oxygen atoms in total. The van der Waals surface area contributed by atoms with Crippen LogP contribution in [0.2, 0.25) is 0 Å². The minimum Gasteiger partial charge on any atom is -0.508 e. The van der Waals surface area contributed by atoms with Gasteiger partial charge in [0, 0.05) is 35.5 Å². The fourth-order valence-corrected chi connectivity index (χ4v) is 3.48. The molecule has 1 fully saturated rings. The highest BCUT2D eigenvalue weighted by Gasteiger charge is 2.35. The van der Waals surface area contributed by atoms with Gasteiger partial charge in [-0.15, -0.1) is 0 Å². The zero-order valence-electron chi connectivity index (χ0n) is 15.7. The molecule has 0 bridgehead atoms. The first-order chi connectivity index (χ1) is 13.9. The predicted molar refractivity (Wildman–Crippen MR) is 101 cm³/mol. The monoisotopic (exact) mass is 397 g/mol. The SMILES string of the molecule is Cc1c(O)ccc2c(COC(=O)C3CC(=O)N(Cc4ccco4)C3)cc(=O)oc12. The maximum atomic E-state index is 12.5. The van der Waals surface area contributed by atoms with Crippen LogP contribution in [-0.2, 0) is 27.5 Å². The molecule has 150 valence electrons. The number of carbonyl (C=O) groups excluding carboxylic acids is 2. The predicted octanol–water partition coefficient (Wildman–Crippen LogP) is 2.49. The van der Waals surface area contributed by atoms with E-state index in [4.69, 9.17) is 13.6 Å². The Morgan fingerprint density at radius 2 is 2.14 bits per heavy atom. The van der Waals surface area contributed by atoms with E-state index in [1.54, 1.807) is 30.0 Å². The van der Waals surface area contributed by atoms with Crippen molar-refractivity contribution in [3.05, 3.63) is 63.9 Å². The number of esters is 1. The highest BCUT2D eigenvalue weighted by molar-refractivity contribution is 5.87. The largest absolute Gasteiger partial charge is 0.508 e. The molecule has 0 saturated carbocycles. The van der Waals surface area contributed by atoms with Gasteiger partial charge in [-0.25, -0.2) is 4.79 Å². The van der Waals surface area contributed by atoms with Gasteiger partial charge in [0.1, 0.15) is 23.7 Å². The maximum absolute atomic E-state index is 12.5. The number of phenols is 1. The highest BCUT2D eigenvalue weighted by atomic mass is 16.5. The molecule has 8 heteroatoms. The van der Waals surface area contributed by atoms with E-state index in [1.165, 1.54) is 18.4 Å². The molecule has 1 aliphatic rings. The standard InChI is InChI=1S/C21H19NO7/c1-12-17(23)5-4-16-14(8-19(25)29-20(12)16)11-28-21(26)13-7-18(24)22(9-13)10-15-3-2-6-27-15/h2-6,8,13,23H,7,9-11H2,1H3. The Balaban J connectivity index is 1.46. The second-order valence-corrected chi connectivity index (χ2v) is 7.04. The molecule has 1 unspecified atom stereocenters. The molecule has 0 spiro atoms. The Morgan fingerprint density at radius 1 is 1.31 bits per heavy atom. The summed E-state index contributed by atoms with van der Waals surface area (Å²) in [5, 5.41) is 10.4. The van der Waals surface area contributed by atoms with Gasteiger partial charge in [-0.3, -0.25) is 9.59 Å². The lowest BCUT2D eigenvalue weighted by Crippen LogP contribution is -2.26. The van der Waals surface area contributed by atoms with Gasteiger partial charge >= 0.3 is 11.6 Å². The Morgan fingerprint density at radius 3 is 2.90 bits per heavy atom. The smallest absolute Gasteiger partial charge is 0.336 e. The van der Waals surface area contributed by atoms with Gasteiger partial charge < -0.3 is 23.6 Å². The number of nitrogens with zero attached hydrogens (tertiary/aromatic N) is 1. The number of amides is 1. The number of likely N-dealkylation sites (tertiary alicyclic amines) is 1. The van der Waals surface area contributed by atoms with Gasteiger partial charge in [-0.2, -0.15) is 0 Å². The number of phenolic OH excluding ortho intramolecular Hbond substituents is 1. The van der Waals surface area contributed by atoms with E-state index in [9.17, 15) is 19.5 Å². The molecule has 2 aromatic heterocycles. The number of aryl methyl sites for hydroxylation is 1. The van der Waals surface area contributed by atoms with E-state index in [1.807, 2.05) is 0 Å². The summed E-state index contributed by atoms with van der Waals surface area (Å²) in [7, 11) is 0. The van der Waals surface area contributed by atoms with E-state index < -0.39 is 17.5 Å². The van der Waals surface area contributed by atoms with Gasteiger partial charge in [0.2, 0.25) is 5.91 Å². The Hall–Kier alpha value is -3.55. The quantitative estimate of drug-likeness (QED) is 0.520. The van der Waals surface area contributed by atoms with Gasteiger partial charge in [0.25, 0.3) is 0 Å². The third kappa shape index (κ3) is 3.73.